The van der Waals surface area contributed by atoms with E-state index in [1.807, 2.05) is 6.07 Å². The van der Waals surface area contributed by atoms with Gasteiger partial charge < -0.3 is 15.2 Å². The zero-order valence-electron chi connectivity index (χ0n) is 14.8. The zero-order valence-corrected chi connectivity index (χ0v) is 16.3. The Morgan fingerprint density at radius 3 is 2.59 bits per heavy atom. The van der Waals surface area contributed by atoms with Crippen molar-refractivity contribution in [2.75, 3.05) is 19.5 Å². The Labute approximate surface area is 166 Å². The highest BCUT2D eigenvalue weighted by molar-refractivity contribution is 6.34. The second-order valence-corrected chi connectivity index (χ2v) is 6.53. The smallest absolute Gasteiger partial charge is 0.376 e. The molecule has 0 aliphatic heterocycles. The summed E-state index contributed by atoms with van der Waals surface area (Å²) in [6, 6.07) is 8.74. The molecule has 1 aromatic heterocycles. The number of anilines is 1. The first kappa shape index (κ1) is 19.2. The Morgan fingerprint density at radius 2 is 1.93 bits per heavy atom. The molecule has 2 aromatic carbocycles. The first-order chi connectivity index (χ1) is 12.9. The second kappa shape index (κ2) is 7.98. The quantitative estimate of drug-likeness (QED) is 0.502. The van der Waals surface area contributed by atoms with E-state index in [-0.39, 0.29) is 12.4 Å². The first-order valence-corrected chi connectivity index (χ1v) is 8.94. The molecule has 0 atom stereocenters. The highest BCUT2D eigenvalue weighted by Gasteiger charge is 2.18. The minimum atomic E-state index is -0.595. The normalized spacial score (nSPS) is 10.8. The number of carbonyl (C=O) groups is 1. The van der Waals surface area contributed by atoms with E-state index in [1.54, 1.807) is 38.3 Å². The molecule has 27 heavy (non-hydrogen) atoms. The molecule has 3 rings (SSSR count). The largest absolute Gasteiger partial charge is 0.495 e. The van der Waals surface area contributed by atoms with Crippen LogP contribution in [-0.4, -0.2) is 29.7 Å². The molecule has 0 saturated heterocycles. The van der Waals surface area contributed by atoms with Crippen molar-refractivity contribution in [2.45, 2.75) is 13.3 Å². The van der Waals surface area contributed by atoms with Gasteiger partial charge in [0.05, 0.1) is 40.7 Å². The van der Waals surface area contributed by atoms with E-state index >= 15 is 0 Å². The SMILES string of the molecule is CCOC(=O)c1nc(Cc2ccc(OC)c(Cl)c2)c2c(N)c(Cl)ccc2n1. The lowest BCUT2D eigenvalue weighted by molar-refractivity contribution is 0.0512. The van der Waals surface area contributed by atoms with Crippen LogP contribution < -0.4 is 10.5 Å². The molecular formula is C19H17Cl2N3O3. The number of fused-ring (bicyclic) bond motifs is 1. The summed E-state index contributed by atoms with van der Waals surface area (Å²) in [6.45, 7) is 1.95. The van der Waals surface area contributed by atoms with Gasteiger partial charge in [0.2, 0.25) is 5.82 Å². The topological polar surface area (TPSA) is 87.3 Å². The first-order valence-electron chi connectivity index (χ1n) is 8.18. The van der Waals surface area contributed by atoms with Crippen LogP contribution >= 0.6 is 23.2 Å². The summed E-state index contributed by atoms with van der Waals surface area (Å²) in [5, 5.41) is 1.47. The van der Waals surface area contributed by atoms with Crippen molar-refractivity contribution in [3.8, 4) is 5.75 Å². The van der Waals surface area contributed by atoms with Gasteiger partial charge in [0.15, 0.2) is 0 Å². The van der Waals surface area contributed by atoms with E-state index in [0.29, 0.717) is 44.5 Å². The van der Waals surface area contributed by atoms with Crippen LogP contribution in [0.1, 0.15) is 28.8 Å². The summed E-state index contributed by atoms with van der Waals surface area (Å²) in [5.74, 6) is -0.0506. The van der Waals surface area contributed by atoms with Gasteiger partial charge in [-0.05, 0) is 36.8 Å². The van der Waals surface area contributed by atoms with Gasteiger partial charge in [0.25, 0.3) is 0 Å². The van der Waals surface area contributed by atoms with Crippen LogP contribution in [0.3, 0.4) is 0 Å². The summed E-state index contributed by atoms with van der Waals surface area (Å²) in [6.07, 6.45) is 0.375. The molecule has 0 saturated carbocycles. The van der Waals surface area contributed by atoms with E-state index in [0.717, 1.165) is 5.56 Å². The molecule has 3 aromatic rings. The summed E-state index contributed by atoms with van der Waals surface area (Å²) in [4.78, 5) is 20.8. The molecule has 0 aliphatic rings. The van der Waals surface area contributed by atoms with Crippen LogP contribution in [0.25, 0.3) is 10.9 Å². The molecular weight excluding hydrogens is 389 g/mol. The van der Waals surface area contributed by atoms with Crippen molar-refractivity contribution in [3.05, 3.63) is 57.5 Å². The van der Waals surface area contributed by atoms with Crippen molar-refractivity contribution < 1.29 is 14.3 Å². The van der Waals surface area contributed by atoms with Gasteiger partial charge in [-0.2, -0.15) is 0 Å². The number of ether oxygens (including phenoxy) is 2. The number of aromatic nitrogens is 2. The highest BCUT2D eigenvalue weighted by Crippen LogP contribution is 2.32. The summed E-state index contributed by atoms with van der Waals surface area (Å²) in [7, 11) is 1.55. The Hall–Kier alpha value is -2.57. The number of rotatable bonds is 5. The van der Waals surface area contributed by atoms with Crippen LogP contribution in [0, 0.1) is 0 Å². The van der Waals surface area contributed by atoms with Crippen molar-refractivity contribution in [3.63, 3.8) is 0 Å². The van der Waals surface area contributed by atoms with E-state index in [1.165, 1.54) is 0 Å². The third-order valence-electron chi connectivity index (χ3n) is 3.97. The molecule has 0 radical (unpaired) electrons. The summed E-state index contributed by atoms with van der Waals surface area (Å²) < 4.78 is 10.2. The molecule has 0 amide bonds. The lowest BCUT2D eigenvalue weighted by Gasteiger charge is -2.12. The molecule has 140 valence electrons. The van der Waals surface area contributed by atoms with Gasteiger partial charge in [-0.15, -0.1) is 0 Å². The maximum Gasteiger partial charge on any atom is 0.376 e. The molecule has 8 heteroatoms. The molecule has 0 aliphatic carbocycles. The second-order valence-electron chi connectivity index (χ2n) is 5.72. The Kier molecular flexibility index (Phi) is 5.68. The van der Waals surface area contributed by atoms with Gasteiger partial charge in [-0.1, -0.05) is 29.3 Å². The number of nitrogens with two attached hydrogens (primary N) is 1. The molecule has 0 fully saturated rings. The van der Waals surface area contributed by atoms with Crippen LogP contribution in [0.5, 0.6) is 5.75 Å². The molecule has 0 unspecified atom stereocenters. The fourth-order valence-corrected chi connectivity index (χ4v) is 3.17. The third-order valence-corrected chi connectivity index (χ3v) is 4.60. The number of methoxy groups -OCH3 is 1. The van der Waals surface area contributed by atoms with Gasteiger partial charge in [0.1, 0.15) is 5.75 Å². The monoisotopic (exact) mass is 405 g/mol. The molecule has 1 heterocycles. The van der Waals surface area contributed by atoms with E-state index in [9.17, 15) is 4.79 Å². The molecule has 6 nitrogen and oxygen atoms in total. The van der Waals surface area contributed by atoms with Gasteiger partial charge in [-0.25, -0.2) is 14.8 Å². The average molecular weight is 406 g/mol. The van der Waals surface area contributed by atoms with Crippen LogP contribution in [0.2, 0.25) is 10.0 Å². The predicted octanol–water partition coefficient (Wildman–Crippen LogP) is 4.29. The standard InChI is InChI=1S/C19H17Cl2N3O3/c1-3-27-19(25)18-23-13-6-5-11(20)17(22)16(13)14(24-18)9-10-4-7-15(26-2)12(21)8-10/h4-8H,3,9,22H2,1-2H3. The number of nitrogen functional groups attached to an aromatic ring is 1. The third kappa shape index (κ3) is 3.91. The average Bonchev–Trinajstić information content (AvgIpc) is 2.65. The number of benzene rings is 2. The fraction of sp³-hybridized carbons (Fsp3) is 0.211. The maximum atomic E-state index is 12.1. The maximum absolute atomic E-state index is 12.1. The van der Waals surface area contributed by atoms with E-state index in [2.05, 4.69) is 9.97 Å². The van der Waals surface area contributed by atoms with Crippen molar-refractivity contribution in [1.82, 2.24) is 9.97 Å². The van der Waals surface area contributed by atoms with E-state index < -0.39 is 5.97 Å². The van der Waals surface area contributed by atoms with Crippen molar-refractivity contribution in [1.29, 1.82) is 0 Å². The van der Waals surface area contributed by atoms with Crippen molar-refractivity contribution >= 4 is 45.8 Å². The van der Waals surface area contributed by atoms with Crippen LogP contribution in [0.4, 0.5) is 5.69 Å². The van der Waals surface area contributed by atoms with Gasteiger partial charge in [-0.3, -0.25) is 0 Å². The number of nitrogens with zero attached hydrogens (tertiary/aromatic N) is 2. The number of carbonyl (C=O) groups excluding carboxylic acids is 1. The van der Waals surface area contributed by atoms with Crippen LogP contribution in [-0.2, 0) is 11.2 Å². The number of hydrogen-bond acceptors (Lipinski definition) is 6. The minimum absolute atomic E-state index is 0.0271. The number of hydrogen-bond donors (Lipinski definition) is 1. The number of halogens is 2. The molecule has 0 bridgehead atoms. The Morgan fingerprint density at radius 1 is 1.15 bits per heavy atom. The predicted molar refractivity (Wildman–Crippen MR) is 106 cm³/mol. The lowest BCUT2D eigenvalue weighted by Crippen LogP contribution is -2.12. The Bertz CT molecular complexity index is 1020. The number of esters is 1. The molecule has 2 N–H and O–H groups in total. The minimum Gasteiger partial charge on any atom is -0.495 e. The summed E-state index contributed by atoms with van der Waals surface area (Å²) in [5.41, 5.74) is 8.47. The zero-order chi connectivity index (χ0) is 19.6. The fourth-order valence-electron chi connectivity index (χ4n) is 2.73. The van der Waals surface area contributed by atoms with Crippen LogP contribution in [0.15, 0.2) is 30.3 Å². The van der Waals surface area contributed by atoms with Gasteiger partial charge in [0, 0.05) is 11.8 Å². The Balaban J connectivity index is 2.15. The van der Waals surface area contributed by atoms with E-state index in [4.69, 9.17) is 38.4 Å². The van der Waals surface area contributed by atoms with Crippen molar-refractivity contribution in [2.24, 2.45) is 0 Å². The lowest BCUT2D eigenvalue weighted by atomic mass is 10.0. The highest BCUT2D eigenvalue weighted by atomic mass is 35.5. The molecule has 0 spiro atoms. The van der Waals surface area contributed by atoms with Gasteiger partial charge >= 0.3 is 5.97 Å². The summed E-state index contributed by atoms with van der Waals surface area (Å²) >= 11 is 12.4.